The van der Waals surface area contributed by atoms with E-state index >= 15 is 0 Å². The Morgan fingerprint density at radius 2 is 1.72 bits per heavy atom. The molecule has 3 aromatic rings. The SMILES string of the molecule is O=C(COc1ccc([N+](=O)[O-])cc1)N1c2ccccc2SC[C@@H]1c1ccccc1. The number of nitro groups is 1. The summed E-state index contributed by atoms with van der Waals surface area (Å²) in [5.41, 5.74) is 1.92. The van der Waals surface area contributed by atoms with Crippen LogP contribution in [0.1, 0.15) is 11.6 Å². The molecule has 0 saturated carbocycles. The van der Waals surface area contributed by atoms with Gasteiger partial charge in [0.25, 0.3) is 11.6 Å². The molecule has 0 N–H and O–H groups in total. The van der Waals surface area contributed by atoms with E-state index in [0.717, 1.165) is 21.9 Å². The third kappa shape index (κ3) is 4.09. The minimum absolute atomic E-state index is 0.0187. The third-order valence-corrected chi connectivity index (χ3v) is 5.83. The van der Waals surface area contributed by atoms with E-state index in [1.807, 2.05) is 54.6 Å². The van der Waals surface area contributed by atoms with Crippen molar-refractivity contribution in [2.75, 3.05) is 17.3 Å². The van der Waals surface area contributed by atoms with Crippen LogP contribution in [0, 0.1) is 10.1 Å². The topological polar surface area (TPSA) is 72.7 Å². The zero-order valence-electron chi connectivity index (χ0n) is 15.4. The lowest BCUT2D eigenvalue weighted by Gasteiger charge is -2.37. The van der Waals surface area contributed by atoms with Crippen molar-refractivity contribution in [1.82, 2.24) is 0 Å². The standard InChI is InChI=1S/C22H18N2O4S/c25-22(14-28-18-12-10-17(11-13-18)24(26)27)23-19-8-4-5-9-21(19)29-15-20(23)16-6-2-1-3-7-16/h1-13,20H,14-15H2/t20-/m1/s1. The molecule has 0 aromatic heterocycles. The number of ether oxygens (including phenoxy) is 1. The minimum Gasteiger partial charge on any atom is -0.484 e. The number of thioether (sulfide) groups is 1. The second kappa shape index (κ2) is 8.36. The Hall–Kier alpha value is -3.32. The fourth-order valence-corrected chi connectivity index (χ4v) is 4.46. The highest BCUT2D eigenvalue weighted by molar-refractivity contribution is 7.99. The van der Waals surface area contributed by atoms with Gasteiger partial charge in [0.2, 0.25) is 0 Å². The highest BCUT2D eigenvalue weighted by atomic mass is 32.2. The quantitative estimate of drug-likeness (QED) is 0.447. The van der Waals surface area contributed by atoms with Crippen LogP contribution < -0.4 is 9.64 Å². The lowest BCUT2D eigenvalue weighted by Crippen LogP contribution is -2.41. The summed E-state index contributed by atoms with van der Waals surface area (Å²) < 4.78 is 5.63. The Morgan fingerprint density at radius 1 is 1.03 bits per heavy atom. The Kier molecular flexibility index (Phi) is 5.48. The average Bonchev–Trinajstić information content (AvgIpc) is 2.77. The number of carbonyl (C=O) groups is 1. The monoisotopic (exact) mass is 406 g/mol. The van der Waals surface area contributed by atoms with Crippen LogP contribution in [0.15, 0.2) is 83.8 Å². The molecule has 146 valence electrons. The molecule has 1 heterocycles. The van der Waals surface area contributed by atoms with Gasteiger partial charge in [0.05, 0.1) is 16.7 Å². The van der Waals surface area contributed by atoms with Gasteiger partial charge in [-0.3, -0.25) is 19.8 Å². The smallest absolute Gasteiger partial charge is 0.269 e. The van der Waals surface area contributed by atoms with Crippen LogP contribution in [-0.2, 0) is 4.79 Å². The number of benzene rings is 3. The number of amides is 1. The minimum atomic E-state index is -0.471. The number of hydrogen-bond donors (Lipinski definition) is 0. The van der Waals surface area contributed by atoms with Crippen molar-refractivity contribution < 1.29 is 14.5 Å². The molecule has 6 nitrogen and oxygen atoms in total. The molecule has 7 heteroatoms. The molecule has 1 amide bonds. The normalized spacial score (nSPS) is 15.4. The van der Waals surface area contributed by atoms with Gasteiger partial charge in [0.1, 0.15) is 5.75 Å². The van der Waals surface area contributed by atoms with Crippen molar-refractivity contribution in [3.8, 4) is 5.75 Å². The second-order valence-electron chi connectivity index (χ2n) is 6.51. The fraction of sp³-hybridized carbons (Fsp3) is 0.136. The van der Waals surface area contributed by atoms with Gasteiger partial charge in [0, 0.05) is 22.8 Å². The van der Waals surface area contributed by atoms with Crippen LogP contribution in [0.5, 0.6) is 5.75 Å². The van der Waals surface area contributed by atoms with Gasteiger partial charge in [-0.25, -0.2) is 0 Å². The van der Waals surface area contributed by atoms with Crippen molar-refractivity contribution >= 4 is 29.0 Å². The Balaban J connectivity index is 1.57. The molecule has 0 unspecified atom stereocenters. The number of rotatable bonds is 5. The molecule has 0 aliphatic carbocycles. The molecule has 0 fully saturated rings. The van der Waals surface area contributed by atoms with Crippen molar-refractivity contribution in [3.63, 3.8) is 0 Å². The summed E-state index contributed by atoms with van der Waals surface area (Å²) in [5, 5.41) is 10.8. The van der Waals surface area contributed by atoms with Crippen LogP contribution in [0.3, 0.4) is 0 Å². The molecule has 0 bridgehead atoms. The van der Waals surface area contributed by atoms with Gasteiger partial charge in [-0.05, 0) is 29.8 Å². The van der Waals surface area contributed by atoms with Gasteiger partial charge in [-0.1, -0.05) is 42.5 Å². The summed E-state index contributed by atoms with van der Waals surface area (Å²) in [6, 6.07) is 23.4. The molecule has 0 saturated heterocycles. The first-order valence-electron chi connectivity index (χ1n) is 9.09. The van der Waals surface area contributed by atoms with E-state index in [1.165, 1.54) is 24.3 Å². The summed E-state index contributed by atoms with van der Waals surface area (Å²) in [6.07, 6.45) is 0. The van der Waals surface area contributed by atoms with Crippen LogP contribution in [0.2, 0.25) is 0 Å². The molecule has 0 spiro atoms. The number of nitro benzene ring substituents is 1. The van der Waals surface area contributed by atoms with E-state index < -0.39 is 4.92 Å². The highest BCUT2D eigenvalue weighted by Crippen LogP contribution is 2.43. The summed E-state index contributed by atoms with van der Waals surface area (Å²) in [4.78, 5) is 26.3. The van der Waals surface area contributed by atoms with Gasteiger partial charge in [-0.2, -0.15) is 0 Å². The maximum Gasteiger partial charge on any atom is 0.269 e. The first kappa shape index (κ1) is 19.0. The van der Waals surface area contributed by atoms with Crippen molar-refractivity contribution in [2.24, 2.45) is 0 Å². The summed E-state index contributed by atoms with van der Waals surface area (Å²) in [5.74, 6) is 1.01. The van der Waals surface area contributed by atoms with Crippen LogP contribution >= 0.6 is 11.8 Å². The third-order valence-electron chi connectivity index (χ3n) is 4.70. The number of hydrogen-bond acceptors (Lipinski definition) is 5. The predicted octanol–water partition coefficient (Wildman–Crippen LogP) is 4.85. The van der Waals surface area contributed by atoms with Crippen molar-refractivity contribution in [1.29, 1.82) is 0 Å². The van der Waals surface area contributed by atoms with Crippen LogP contribution in [0.4, 0.5) is 11.4 Å². The number of nitrogens with zero attached hydrogens (tertiary/aromatic N) is 2. The molecule has 1 aliphatic heterocycles. The molecule has 3 aromatic carbocycles. The van der Waals surface area contributed by atoms with Gasteiger partial charge in [0.15, 0.2) is 6.61 Å². The second-order valence-corrected chi connectivity index (χ2v) is 7.57. The fourth-order valence-electron chi connectivity index (χ4n) is 3.30. The average molecular weight is 406 g/mol. The van der Waals surface area contributed by atoms with E-state index in [0.29, 0.717) is 5.75 Å². The summed E-state index contributed by atoms with van der Waals surface area (Å²) in [7, 11) is 0. The number of para-hydroxylation sites is 1. The van der Waals surface area contributed by atoms with E-state index in [4.69, 9.17) is 4.74 Å². The largest absolute Gasteiger partial charge is 0.484 e. The van der Waals surface area contributed by atoms with E-state index in [-0.39, 0.29) is 24.2 Å². The first-order chi connectivity index (χ1) is 14.1. The predicted molar refractivity (Wildman–Crippen MR) is 112 cm³/mol. The number of non-ortho nitro benzene ring substituents is 1. The summed E-state index contributed by atoms with van der Waals surface area (Å²) in [6.45, 7) is -0.153. The van der Waals surface area contributed by atoms with Gasteiger partial charge in [-0.15, -0.1) is 11.8 Å². The van der Waals surface area contributed by atoms with E-state index in [9.17, 15) is 14.9 Å². The lowest BCUT2D eigenvalue weighted by molar-refractivity contribution is -0.384. The Bertz CT molecular complexity index is 1020. The van der Waals surface area contributed by atoms with Gasteiger partial charge >= 0.3 is 0 Å². The molecule has 4 rings (SSSR count). The molecule has 1 aliphatic rings. The zero-order valence-corrected chi connectivity index (χ0v) is 16.2. The molecule has 29 heavy (non-hydrogen) atoms. The molecule has 1 atom stereocenters. The van der Waals surface area contributed by atoms with E-state index in [1.54, 1.807) is 16.7 Å². The number of carbonyl (C=O) groups excluding carboxylic acids is 1. The molecular weight excluding hydrogens is 388 g/mol. The zero-order chi connectivity index (χ0) is 20.2. The molecule has 0 radical (unpaired) electrons. The lowest BCUT2D eigenvalue weighted by atomic mass is 10.1. The van der Waals surface area contributed by atoms with Crippen LogP contribution in [-0.4, -0.2) is 23.2 Å². The van der Waals surface area contributed by atoms with Gasteiger partial charge < -0.3 is 4.74 Å². The number of anilines is 1. The van der Waals surface area contributed by atoms with E-state index in [2.05, 4.69) is 0 Å². The summed E-state index contributed by atoms with van der Waals surface area (Å²) >= 11 is 1.73. The van der Waals surface area contributed by atoms with Crippen molar-refractivity contribution in [2.45, 2.75) is 10.9 Å². The Morgan fingerprint density at radius 3 is 2.45 bits per heavy atom. The number of fused-ring (bicyclic) bond motifs is 1. The highest BCUT2D eigenvalue weighted by Gasteiger charge is 2.32. The maximum absolute atomic E-state index is 13.2. The molecular formula is C22H18N2O4S. The van der Waals surface area contributed by atoms with Crippen LogP contribution in [0.25, 0.3) is 0 Å². The maximum atomic E-state index is 13.2. The Labute approximate surface area is 172 Å². The van der Waals surface area contributed by atoms with Crippen molar-refractivity contribution in [3.05, 3.63) is 94.5 Å². The first-order valence-corrected chi connectivity index (χ1v) is 10.1.